The van der Waals surface area contributed by atoms with Crippen molar-refractivity contribution in [1.82, 2.24) is 5.32 Å². The van der Waals surface area contributed by atoms with Gasteiger partial charge < -0.3 is 20.1 Å². The molecular weight excluding hydrogens is 410 g/mol. The summed E-state index contributed by atoms with van der Waals surface area (Å²) in [6.45, 7) is -2.12. The Hall–Kier alpha value is -3.20. The standard InChI is InChI=1S/C19H17ClF2N2O5/c1-11(28-16(25)10-23-18(27)12-5-3-2-4-6-12)17(26)24-13-7-8-15(14(20)9-13)29-19(21)22/h2-9,11,19H,10H2,1H3,(H,23,27)(H,24,26). The predicted molar refractivity (Wildman–Crippen MR) is 101 cm³/mol. The van der Waals surface area contributed by atoms with Crippen molar-refractivity contribution in [2.24, 2.45) is 0 Å². The first-order valence-corrected chi connectivity index (χ1v) is 8.72. The second-order valence-electron chi connectivity index (χ2n) is 5.69. The zero-order chi connectivity index (χ0) is 21.4. The predicted octanol–water partition coefficient (Wildman–Crippen LogP) is 3.24. The van der Waals surface area contributed by atoms with E-state index in [1.807, 2.05) is 0 Å². The molecule has 0 aliphatic rings. The number of anilines is 1. The van der Waals surface area contributed by atoms with Crippen LogP contribution >= 0.6 is 11.6 Å². The number of hydrogen-bond acceptors (Lipinski definition) is 5. The summed E-state index contributed by atoms with van der Waals surface area (Å²) in [6.07, 6.45) is -1.17. The lowest BCUT2D eigenvalue weighted by Gasteiger charge is -2.14. The van der Waals surface area contributed by atoms with E-state index in [-0.39, 0.29) is 16.5 Å². The fourth-order valence-corrected chi connectivity index (χ4v) is 2.38. The molecular formula is C19H17ClF2N2O5. The van der Waals surface area contributed by atoms with Gasteiger partial charge in [-0.15, -0.1) is 0 Å². The van der Waals surface area contributed by atoms with E-state index in [9.17, 15) is 23.2 Å². The number of rotatable bonds is 8. The Morgan fingerprint density at radius 2 is 1.79 bits per heavy atom. The van der Waals surface area contributed by atoms with Crippen molar-refractivity contribution < 1.29 is 32.6 Å². The smallest absolute Gasteiger partial charge is 0.387 e. The van der Waals surface area contributed by atoms with Gasteiger partial charge in [0.2, 0.25) is 0 Å². The summed E-state index contributed by atoms with van der Waals surface area (Å²) in [4.78, 5) is 35.8. The largest absolute Gasteiger partial charge is 0.451 e. The zero-order valence-electron chi connectivity index (χ0n) is 15.2. The monoisotopic (exact) mass is 426 g/mol. The van der Waals surface area contributed by atoms with Crippen LogP contribution in [0.5, 0.6) is 5.75 Å². The van der Waals surface area contributed by atoms with Gasteiger partial charge in [-0.05, 0) is 37.3 Å². The van der Waals surface area contributed by atoms with Gasteiger partial charge in [-0.3, -0.25) is 14.4 Å². The van der Waals surface area contributed by atoms with E-state index in [0.717, 1.165) is 0 Å². The highest BCUT2D eigenvalue weighted by Crippen LogP contribution is 2.29. The minimum absolute atomic E-state index is 0.128. The van der Waals surface area contributed by atoms with E-state index < -0.39 is 37.0 Å². The van der Waals surface area contributed by atoms with Crippen molar-refractivity contribution >= 4 is 35.1 Å². The van der Waals surface area contributed by atoms with E-state index in [1.54, 1.807) is 30.3 Å². The van der Waals surface area contributed by atoms with E-state index in [4.69, 9.17) is 16.3 Å². The molecule has 0 aromatic heterocycles. The van der Waals surface area contributed by atoms with Crippen molar-refractivity contribution in [3.63, 3.8) is 0 Å². The molecule has 0 spiro atoms. The Bertz CT molecular complexity index is 880. The van der Waals surface area contributed by atoms with Gasteiger partial charge in [0.25, 0.3) is 11.8 Å². The number of ether oxygens (including phenoxy) is 2. The Kier molecular flexibility index (Phi) is 7.90. The number of carbonyl (C=O) groups excluding carboxylic acids is 3. The van der Waals surface area contributed by atoms with Crippen molar-refractivity contribution in [3.05, 3.63) is 59.1 Å². The molecule has 0 aliphatic heterocycles. The summed E-state index contributed by atoms with van der Waals surface area (Å²) in [5.74, 6) is -2.18. The molecule has 2 aromatic rings. The third-order valence-electron chi connectivity index (χ3n) is 3.52. The van der Waals surface area contributed by atoms with E-state index in [0.29, 0.717) is 5.56 Å². The van der Waals surface area contributed by atoms with Crippen molar-refractivity contribution in [2.45, 2.75) is 19.6 Å². The lowest BCUT2D eigenvalue weighted by atomic mass is 10.2. The molecule has 0 radical (unpaired) electrons. The highest BCUT2D eigenvalue weighted by molar-refractivity contribution is 6.32. The van der Waals surface area contributed by atoms with Crippen LogP contribution in [0.4, 0.5) is 14.5 Å². The molecule has 154 valence electrons. The van der Waals surface area contributed by atoms with Crippen LogP contribution in [0.1, 0.15) is 17.3 Å². The normalized spacial score (nSPS) is 11.5. The van der Waals surface area contributed by atoms with E-state index in [1.165, 1.54) is 25.1 Å². The molecule has 1 unspecified atom stereocenters. The molecule has 0 fully saturated rings. The molecule has 0 heterocycles. The molecule has 2 rings (SSSR count). The Labute approximate surface area is 169 Å². The molecule has 10 heteroatoms. The average Bonchev–Trinajstić information content (AvgIpc) is 2.68. The van der Waals surface area contributed by atoms with E-state index >= 15 is 0 Å². The van der Waals surface area contributed by atoms with Gasteiger partial charge in [-0.25, -0.2) is 0 Å². The van der Waals surface area contributed by atoms with Crippen LogP contribution in [0.15, 0.2) is 48.5 Å². The van der Waals surface area contributed by atoms with Crippen LogP contribution in [-0.4, -0.2) is 37.0 Å². The minimum atomic E-state index is -3.03. The molecule has 0 bridgehead atoms. The van der Waals surface area contributed by atoms with Gasteiger partial charge in [0.15, 0.2) is 6.10 Å². The van der Waals surface area contributed by atoms with Crippen LogP contribution in [0.3, 0.4) is 0 Å². The molecule has 29 heavy (non-hydrogen) atoms. The number of alkyl halides is 2. The maximum absolute atomic E-state index is 12.2. The first kappa shape index (κ1) is 22.1. The molecule has 7 nitrogen and oxygen atoms in total. The second-order valence-corrected chi connectivity index (χ2v) is 6.10. The molecule has 2 aromatic carbocycles. The quantitative estimate of drug-likeness (QED) is 0.632. The molecule has 0 aliphatic carbocycles. The maximum atomic E-state index is 12.2. The summed E-state index contributed by atoms with van der Waals surface area (Å²) in [5.41, 5.74) is 0.573. The maximum Gasteiger partial charge on any atom is 0.387 e. The van der Waals surface area contributed by atoms with Crippen LogP contribution < -0.4 is 15.4 Å². The zero-order valence-corrected chi connectivity index (χ0v) is 15.9. The lowest BCUT2D eigenvalue weighted by Crippen LogP contribution is -2.35. The second kappa shape index (κ2) is 10.4. The summed E-state index contributed by atoms with van der Waals surface area (Å²) in [7, 11) is 0. The van der Waals surface area contributed by atoms with Gasteiger partial charge in [-0.1, -0.05) is 29.8 Å². The van der Waals surface area contributed by atoms with Crippen LogP contribution in [-0.2, 0) is 14.3 Å². The number of halogens is 3. The third-order valence-corrected chi connectivity index (χ3v) is 3.82. The van der Waals surface area contributed by atoms with Gasteiger partial charge >= 0.3 is 12.6 Å². The van der Waals surface area contributed by atoms with Crippen molar-refractivity contribution in [2.75, 3.05) is 11.9 Å². The molecule has 0 saturated heterocycles. The summed E-state index contributed by atoms with van der Waals surface area (Å²) in [5, 5.41) is 4.68. The Morgan fingerprint density at radius 3 is 2.41 bits per heavy atom. The topological polar surface area (TPSA) is 93.7 Å². The van der Waals surface area contributed by atoms with Gasteiger partial charge in [0, 0.05) is 11.3 Å². The summed E-state index contributed by atoms with van der Waals surface area (Å²) < 4.78 is 33.6. The van der Waals surface area contributed by atoms with Gasteiger partial charge in [0.05, 0.1) is 5.02 Å². The van der Waals surface area contributed by atoms with E-state index in [2.05, 4.69) is 15.4 Å². The molecule has 2 N–H and O–H groups in total. The Balaban J connectivity index is 1.83. The van der Waals surface area contributed by atoms with Gasteiger partial charge in [0.1, 0.15) is 12.3 Å². The summed E-state index contributed by atoms with van der Waals surface area (Å²) in [6, 6.07) is 12.0. The highest BCUT2D eigenvalue weighted by Gasteiger charge is 2.19. The van der Waals surface area contributed by atoms with Crippen LogP contribution in [0.25, 0.3) is 0 Å². The third kappa shape index (κ3) is 7.04. The van der Waals surface area contributed by atoms with Crippen LogP contribution in [0.2, 0.25) is 5.02 Å². The molecule has 1 atom stereocenters. The number of benzene rings is 2. The van der Waals surface area contributed by atoms with Crippen molar-refractivity contribution in [3.8, 4) is 5.75 Å². The fraction of sp³-hybridized carbons (Fsp3) is 0.211. The average molecular weight is 427 g/mol. The number of nitrogens with one attached hydrogen (secondary N) is 2. The highest BCUT2D eigenvalue weighted by atomic mass is 35.5. The summed E-state index contributed by atoms with van der Waals surface area (Å²) >= 11 is 5.81. The SMILES string of the molecule is CC(OC(=O)CNC(=O)c1ccccc1)C(=O)Nc1ccc(OC(F)F)c(Cl)c1. The first-order chi connectivity index (χ1) is 13.8. The van der Waals surface area contributed by atoms with Crippen molar-refractivity contribution in [1.29, 1.82) is 0 Å². The number of carbonyl (C=O) groups is 3. The minimum Gasteiger partial charge on any atom is -0.451 e. The first-order valence-electron chi connectivity index (χ1n) is 8.34. The molecule has 0 saturated carbocycles. The number of esters is 1. The lowest BCUT2D eigenvalue weighted by molar-refractivity contribution is -0.152. The molecule has 2 amide bonds. The Morgan fingerprint density at radius 1 is 1.10 bits per heavy atom. The van der Waals surface area contributed by atoms with Gasteiger partial charge in [-0.2, -0.15) is 8.78 Å². The fourth-order valence-electron chi connectivity index (χ4n) is 2.15. The number of amides is 2. The van der Waals surface area contributed by atoms with Crippen LogP contribution in [0, 0.1) is 0 Å². The number of hydrogen-bond donors (Lipinski definition) is 2.